The van der Waals surface area contributed by atoms with Crippen LogP contribution in [0, 0.1) is 0 Å². The van der Waals surface area contributed by atoms with Gasteiger partial charge in [-0.2, -0.15) is 0 Å². The molecule has 1 aromatic carbocycles. The van der Waals surface area contributed by atoms with Crippen LogP contribution in [0.4, 0.5) is 0 Å². The lowest BCUT2D eigenvalue weighted by Crippen LogP contribution is -2.32. The Morgan fingerprint density at radius 1 is 1.19 bits per heavy atom. The lowest BCUT2D eigenvalue weighted by atomic mass is 10.1. The Balaban J connectivity index is 1.43. The van der Waals surface area contributed by atoms with Crippen LogP contribution >= 0.6 is 11.3 Å². The van der Waals surface area contributed by atoms with Gasteiger partial charge in [0.15, 0.2) is 0 Å². The first-order chi connectivity index (χ1) is 10.3. The number of ether oxygens (including phenoxy) is 1. The van der Waals surface area contributed by atoms with Crippen LogP contribution in [0.1, 0.15) is 30.9 Å². The summed E-state index contributed by atoms with van der Waals surface area (Å²) in [4.78, 5) is 2.45. The number of fused-ring (bicyclic) bond motifs is 1. The Morgan fingerprint density at radius 3 is 2.90 bits per heavy atom. The first-order valence-corrected chi connectivity index (χ1v) is 8.66. The van der Waals surface area contributed by atoms with E-state index >= 15 is 0 Å². The molecule has 0 bridgehead atoms. The number of hydrogen-bond donors (Lipinski definition) is 1. The number of nitrogens with zero attached hydrogens (tertiary/aromatic N) is 1. The Labute approximate surface area is 130 Å². The average Bonchev–Trinajstić information content (AvgIpc) is 3.00. The van der Waals surface area contributed by atoms with Crippen LogP contribution < -0.4 is 0 Å². The molecule has 1 aliphatic rings. The van der Waals surface area contributed by atoms with Crippen molar-refractivity contribution in [3.05, 3.63) is 35.2 Å². The van der Waals surface area contributed by atoms with Crippen molar-refractivity contribution in [3.63, 3.8) is 0 Å². The molecule has 0 amide bonds. The molecule has 1 atom stereocenters. The third-order valence-electron chi connectivity index (χ3n) is 4.14. The van der Waals surface area contributed by atoms with Gasteiger partial charge in [-0.15, -0.1) is 11.3 Å². The smallest absolute Gasteiger partial charge is 0.102 e. The molecule has 2 aromatic rings. The lowest BCUT2D eigenvalue weighted by molar-refractivity contribution is 0.0246. The molecule has 1 aromatic heterocycles. The van der Waals surface area contributed by atoms with Gasteiger partial charge in [0.25, 0.3) is 0 Å². The zero-order valence-corrected chi connectivity index (χ0v) is 13.1. The molecule has 1 unspecified atom stereocenters. The second-order valence-electron chi connectivity index (χ2n) is 5.71. The standard InChI is InChI=1S/C17H23NO2S/c19-16(13-20-10-9-18-7-2-1-3-8-18)14-4-5-17-15(12-14)6-11-21-17/h4-6,11-12,16,19H,1-3,7-10,13H2. The van der Waals surface area contributed by atoms with Crippen molar-refractivity contribution in [1.29, 1.82) is 0 Å². The van der Waals surface area contributed by atoms with Gasteiger partial charge < -0.3 is 14.7 Å². The molecule has 1 saturated heterocycles. The van der Waals surface area contributed by atoms with Gasteiger partial charge >= 0.3 is 0 Å². The molecule has 1 aliphatic heterocycles. The molecule has 4 heteroatoms. The van der Waals surface area contributed by atoms with Crippen LogP contribution in [-0.4, -0.2) is 42.9 Å². The summed E-state index contributed by atoms with van der Waals surface area (Å²) in [5.41, 5.74) is 0.943. The summed E-state index contributed by atoms with van der Waals surface area (Å²) >= 11 is 1.73. The van der Waals surface area contributed by atoms with E-state index < -0.39 is 6.10 Å². The van der Waals surface area contributed by atoms with Crippen molar-refractivity contribution in [3.8, 4) is 0 Å². The van der Waals surface area contributed by atoms with E-state index in [1.165, 1.54) is 42.4 Å². The highest BCUT2D eigenvalue weighted by molar-refractivity contribution is 7.17. The van der Waals surface area contributed by atoms with E-state index in [4.69, 9.17) is 4.74 Å². The fourth-order valence-corrected chi connectivity index (χ4v) is 3.63. The van der Waals surface area contributed by atoms with Gasteiger partial charge in [-0.05, 0) is 60.5 Å². The van der Waals surface area contributed by atoms with Crippen LogP contribution in [0.5, 0.6) is 0 Å². The Morgan fingerprint density at radius 2 is 2.05 bits per heavy atom. The predicted molar refractivity (Wildman–Crippen MR) is 87.9 cm³/mol. The highest BCUT2D eigenvalue weighted by atomic mass is 32.1. The molecule has 0 saturated carbocycles. The molecule has 21 heavy (non-hydrogen) atoms. The van der Waals surface area contributed by atoms with Crippen molar-refractivity contribution < 1.29 is 9.84 Å². The average molecular weight is 305 g/mol. The Kier molecular flexibility index (Phi) is 5.25. The summed E-state index contributed by atoms with van der Waals surface area (Å²) in [6.45, 7) is 4.46. The number of rotatable bonds is 6. The second-order valence-corrected chi connectivity index (χ2v) is 6.66. The summed E-state index contributed by atoms with van der Waals surface area (Å²) in [6.07, 6.45) is 3.45. The molecule has 1 N–H and O–H groups in total. The van der Waals surface area contributed by atoms with Crippen LogP contribution in [0.15, 0.2) is 29.6 Å². The van der Waals surface area contributed by atoms with Gasteiger partial charge in [0.05, 0.1) is 13.2 Å². The van der Waals surface area contributed by atoms with Crippen LogP contribution in [-0.2, 0) is 4.74 Å². The van der Waals surface area contributed by atoms with Crippen molar-refractivity contribution in [2.75, 3.05) is 32.8 Å². The van der Waals surface area contributed by atoms with Gasteiger partial charge in [0.1, 0.15) is 6.10 Å². The maximum atomic E-state index is 10.2. The maximum absolute atomic E-state index is 10.2. The van der Waals surface area contributed by atoms with Crippen molar-refractivity contribution >= 4 is 21.4 Å². The predicted octanol–water partition coefficient (Wildman–Crippen LogP) is 3.44. The fraction of sp³-hybridized carbons (Fsp3) is 0.529. The topological polar surface area (TPSA) is 32.7 Å². The number of benzene rings is 1. The number of aliphatic hydroxyl groups excluding tert-OH is 1. The zero-order chi connectivity index (χ0) is 14.5. The lowest BCUT2D eigenvalue weighted by Gasteiger charge is -2.26. The normalized spacial score (nSPS) is 18.1. The highest BCUT2D eigenvalue weighted by Gasteiger charge is 2.11. The fourth-order valence-electron chi connectivity index (χ4n) is 2.86. The monoisotopic (exact) mass is 305 g/mol. The zero-order valence-electron chi connectivity index (χ0n) is 12.3. The third kappa shape index (κ3) is 4.04. The van der Waals surface area contributed by atoms with Crippen molar-refractivity contribution in [1.82, 2.24) is 4.90 Å². The van der Waals surface area contributed by atoms with E-state index in [2.05, 4.69) is 28.5 Å². The minimum atomic E-state index is -0.532. The molecule has 0 spiro atoms. The SMILES string of the molecule is OC(COCCN1CCCCC1)c1ccc2sccc2c1. The van der Waals surface area contributed by atoms with Crippen LogP contribution in [0.3, 0.4) is 0 Å². The largest absolute Gasteiger partial charge is 0.386 e. The highest BCUT2D eigenvalue weighted by Crippen LogP contribution is 2.24. The number of likely N-dealkylation sites (tertiary alicyclic amines) is 1. The molecule has 2 heterocycles. The summed E-state index contributed by atoms with van der Waals surface area (Å²) < 4.78 is 6.92. The minimum Gasteiger partial charge on any atom is -0.386 e. The summed E-state index contributed by atoms with van der Waals surface area (Å²) in [5, 5.41) is 13.5. The Bertz CT molecular complexity index is 563. The molecule has 3 rings (SSSR count). The maximum Gasteiger partial charge on any atom is 0.102 e. The van der Waals surface area contributed by atoms with Crippen LogP contribution in [0.2, 0.25) is 0 Å². The minimum absolute atomic E-state index is 0.378. The first kappa shape index (κ1) is 15.0. The van der Waals surface area contributed by atoms with Gasteiger partial charge in [-0.3, -0.25) is 0 Å². The van der Waals surface area contributed by atoms with E-state index in [9.17, 15) is 5.11 Å². The molecule has 0 radical (unpaired) electrons. The molecule has 114 valence electrons. The van der Waals surface area contributed by atoms with Gasteiger partial charge in [0, 0.05) is 11.2 Å². The Hall–Kier alpha value is -0.940. The van der Waals surface area contributed by atoms with E-state index in [-0.39, 0.29) is 0 Å². The summed E-state index contributed by atoms with van der Waals surface area (Å²) in [6, 6.07) is 8.22. The molecule has 1 fully saturated rings. The number of piperidine rings is 1. The van der Waals surface area contributed by atoms with Crippen molar-refractivity contribution in [2.45, 2.75) is 25.4 Å². The van der Waals surface area contributed by atoms with Gasteiger partial charge in [-0.25, -0.2) is 0 Å². The van der Waals surface area contributed by atoms with E-state index in [0.29, 0.717) is 13.2 Å². The van der Waals surface area contributed by atoms with E-state index in [1.54, 1.807) is 11.3 Å². The van der Waals surface area contributed by atoms with E-state index in [1.807, 2.05) is 6.07 Å². The quantitative estimate of drug-likeness (QED) is 0.830. The van der Waals surface area contributed by atoms with E-state index in [0.717, 1.165) is 12.1 Å². The van der Waals surface area contributed by atoms with Gasteiger partial charge in [0.2, 0.25) is 0 Å². The molecular weight excluding hydrogens is 282 g/mol. The summed E-state index contributed by atoms with van der Waals surface area (Å²) in [5.74, 6) is 0. The third-order valence-corrected chi connectivity index (χ3v) is 5.04. The van der Waals surface area contributed by atoms with Gasteiger partial charge in [-0.1, -0.05) is 12.5 Å². The first-order valence-electron chi connectivity index (χ1n) is 7.78. The summed E-state index contributed by atoms with van der Waals surface area (Å²) in [7, 11) is 0. The van der Waals surface area contributed by atoms with Crippen molar-refractivity contribution in [2.24, 2.45) is 0 Å². The number of thiophene rings is 1. The number of aliphatic hydroxyl groups is 1. The number of hydrogen-bond acceptors (Lipinski definition) is 4. The molecule has 3 nitrogen and oxygen atoms in total. The second kappa shape index (κ2) is 7.36. The molecule has 0 aliphatic carbocycles. The van der Waals surface area contributed by atoms with Crippen LogP contribution in [0.25, 0.3) is 10.1 Å². The molecular formula is C17H23NO2S.